The number of aliphatic imine (C=N–C) groups is 1. The molecular weight excluding hydrogens is 391 g/mol. The smallest absolute Gasteiger partial charge is 0.251 e. The van der Waals surface area contributed by atoms with Gasteiger partial charge in [0.2, 0.25) is 3.79 Å². The first-order valence-electron chi connectivity index (χ1n) is 6.86. The van der Waals surface area contributed by atoms with Gasteiger partial charge < -0.3 is 10.2 Å². The Hall–Kier alpha value is -1.34. The molecule has 24 heavy (non-hydrogen) atoms. The molecule has 0 aliphatic heterocycles. The summed E-state index contributed by atoms with van der Waals surface area (Å²) in [6.45, 7) is 0. The number of carbonyl (C=O) groups is 1. The number of rotatable bonds is 5. The summed E-state index contributed by atoms with van der Waals surface area (Å²) in [7, 11) is 3.71. The SMILES string of the molecule is CN(C)C=Nc1cnc([C@H](NC(=O)c2ccccc2)C(Cl)(Cl)Cl)s1. The van der Waals surface area contributed by atoms with Gasteiger partial charge in [0.05, 0.1) is 12.5 Å². The summed E-state index contributed by atoms with van der Waals surface area (Å²) in [6.07, 6.45) is 3.21. The molecule has 0 saturated heterocycles. The average molecular weight is 406 g/mol. The summed E-state index contributed by atoms with van der Waals surface area (Å²) in [4.78, 5) is 22.6. The van der Waals surface area contributed by atoms with Gasteiger partial charge in [-0.05, 0) is 12.1 Å². The fourth-order valence-electron chi connectivity index (χ4n) is 1.73. The lowest BCUT2D eigenvalue weighted by Gasteiger charge is -2.23. The number of hydrogen-bond donors (Lipinski definition) is 1. The molecule has 0 aliphatic carbocycles. The fraction of sp³-hybridized carbons (Fsp3) is 0.267. The van der Waals surface area contributed by atoms with Gasteiger partial charge in [0.15, 0.2) is 0 Å². The van der Waals surface area contributed by atoms with Crippen LogP contribution in [-0.2, 0) is 0 Å². The summed E-state index contributed by atoms with van der Waals surface area (Å²) in [6, 6.07) is 7.81. The summed E-state index contributed by atoms with van der Waals surface area (Å²) in [5.74, 6) is -0.347. The molecule has 0 bridgehead atoms. The molecule has 1 N–H and O–H groups in total. The largest absolute Gasteiger partial charge is 0.369 e. The molecule has 0 spiro atoms. The number of nitrogens with one attached hydrogen (secondary N) is 1. The lowest BCUT2D eigenvalue weighted by molar-refractivity contribution is 0.0937. The molecule has 1 aromatic heterocycles. The molecule has 1 aromatic carbocycles. The van der Waals surface area contributed by atoms with Gasteiger partial charge in [-0.25, -0.2) is 9.98 Å². The summed E-state index contributed by atoms with van der Waals surface area (Å²) < 4.78 is -1.75. The van der Waals surface area contributed by atoms with Crippen molar-refractivity contribution in [2.24, 2.45) is 4.99 Å². The maximum absolute atomic E-state index is 12.4. The van der Waals surface area contributed by atoms with Gasteiger partial charge in [-0.1, -0.05) is 64.3 Å². The molecule has 1 heterocycles. The molecule has 5 nitrogen and oxygen atoms in total. The molecule has 128 valence electrons. The number of halogens is 3. The topological polar surface area (TPSA) is 57.6 Å². The number of alkyl halides is 3. The molecule has 2 aromatic rings. The van der Waals surface area contributed by atoms with Gasteiger partial charge in [-0.15, -0.1) is 0 Å². The van der Waals surface area contributed by atoms with Crippen LogP contribution in [0.4, 0.5) is 5.00 Å². The molecular formula is C15H15Cl3N4OS. The van der Waals surface area contributed by atoms with Crippen molar-refractivity contribution < 1.29 is 4.79 Å². The lowest BCUT2D eigenvalue weighted by Crippen LogP contribution is -2.36. The van der Waals surface area contributed by atoms with Crippen LogP contribution < -0.4 is 5.32 Å². The van der Waals surface area contributed by atoms with Crippen molar-refractivity contribution in [1.82, 2.24) is 15.2 Å². The Morgan fingerprint density at radius 3 is 2.58 bits per heavy atom. The van der Waals surface area contributed by atoms with Gasteiger partial charge in [-0.3, -0.25) is 4.79 Å². The van der Waals surface area contributed by atoms with Crippen LogP contribution in [0.5, 0.6) is 0 Å². The summed E-state index contributed by atoms with van der Waals surface area (Å²) in [5, 5.41) is 3.83. The first-order chi connectivity index (χ1) is 11.3. The number of aromatic nitrogens is 1. The molecule has 1 atom stereocenters. The third-order valence-corrected chi connectivity index (χ3v) is 4.44. The second kappa shape index (κ2) is 8.16. The molecule has 0 radical (unpaired) electrons. The van der Waals surface area contributed by atoms with Crippen LogP contribution in [0.2, 0.25) is 0 Å². The van der Waals surface area contributed by atoms with Crippen LogP contribution in [0.1, 0.15) is 21.4 Å². The first-order valence-corrected chi connectivity index (χ1v) is 8.81. The lowest BCUT2D eigenvalue weighted by atomic mass is 10.2. The van der Waals surface area contributed by atoms with Crippen molar-refractivity contribution in [3.05, 3.63) is 47.1 Å². The Balaban J connectivity index is 2.22. The minimum atomic E-state index is -1.75. The van der Waals surface area contributed by atoms with E-state index in [1.54, 1.807) is 41.7 Å². The third-order valence-electron chi connectivity index (χ3n) is 2.81. The highest BCUT2D eigenvalue weighted by Gasteiger charge is 2.37. The number of thiazole rings is 1. The van der Waals surface area contributed by atoms with Crippen LogP contribution in [0.25, 0.3) is 0 Å². The quantitative estimate of drug-likeness (QED) is 0.460. The number of hydrogen-bond acceptors (Lipinski definition) is 4. The van der Waals surface area contributed by atoms with Crippen LogP contribution in [-0.4, -0.2) is 40.0 Å². The molecule has 0 aliphatic rings. The van der Waals surface area contributed by atoms with E-state index in [-0.39, 0.29) is 5.91 Å². The average Bonchev–Trinajstić information content (AvgIpc) is 2.98. The second-order valence-corrected chi connectivity index (χ2v) is 8.47. The minimum absolute atomic E-state index is 0.347. The van der Waals surface area contributed by atoms with Crippen LogP contribution in [0, 0.1) is 0 Å². The molecule has 1 amide bonds. The minimum Gasteiger partial charge on any atom is -0.369 e. The molecule has 0 fully saturated rings. The van der Waals surface area contributed by atoms with Crippen molar-refractivity contribution in [2.75, 3.05) is 14.1 Å². The van der Waals surface area contributed by atoms with Crippen LogP contribution in [0.15, 0.2) is 41.5 Å². The maximum Gasteiger partial charge on any atom is 0.251 e. The summed E-state index contributed by atoms with van der Waals surface area (Å²) in [5.41, 5.74) is 0.471. The second-order valence-electron chi connectivity index (χ2n) is 5.06. The van der Waals surface area contributed by atoms with Gasteiger partial charge in [-0.2, -0.15) is 0 Å². The molecule has 0 saturated carbocycles. The zero-order valence-electron chi connectivity index (χ0n) is 12.9. The first kappa shape index (κ1) is 19.0. The Kier molecular flexibility index (Phi) is 6.46. The standard InChI is InChI=1S/C15H15Cl3N4OS/c1-22(2)9-20-11-8-19-14(24-11)12(15(16,17)18)21-13(23)10-6-4-3-5-7-10/h3-9,12H,1-2H3,(H,21,23)/t12-/m0/s1. The third kappa shape index (κ3) is 5.34. The summed E-state index contributed by atoms with van der Waals surface area (Å²) >= 11 is 19.4. The van der Waals surface area contributed by atoms with E-state index in [9.17, 15) is 4.79 Å². The highest BCUT2D eigenvalue weighted by Crippen LogP contribution is 2.42. The van der Waals surface area contributed by atoms with Gasteiger partial charge >= 0.3 is 0 Å². The maximum atomic E-state index is 12.4. The van der Waals surface area contributed by atoms with Crippen LogP contribution >= 0.6 is 46.1 Å². The number of amides is 1. The van der Waals surface area contributed by atoms with Crippen LogP contribution in [0.3, 0.4) is 0 Å². The zero-order valence-corrected chi connectivity index (χ0v) is 16.0. The predicted molar refractivity (Wildman–Crippen MR) is 101 cm³/mol. The van der Waals surface area contributed by atoms with Crippen molar-refractivity contribution >= 4 is 63.4 Å². The fourth-order valence-corrected chi connectivity index (χ4v) is 3.28. The zero-order chi connectivity index (χ0) is 17.7. The Morgan fingerprint density at radius 2 is 2.00 bits per heavy atom. The number of benzene rings is 1. The van der Waals surface area contributed by atoms with Crippen molar-refractivity contribution in [2.45, 2.75) is 9.83 Å². The van der Waals surface area contributed by atoms with Gasteiger partial charge in [0.1, 0.15) is 16.1 Å². The molecule has 2 rings (SSSR count). The normalized spacial score (nSPS) is 13.0. The van der Waals surface area contributed by atoms with Gasteiger partial charge in [0, 0.05) is 19.7 Å². The van der Waals surface area contributed by atoms with Gasteiger partial charge in [0.25, 0.3) is 5.91 Å². The van der Waals surface area contributed by atoms with Crippen molar-refractivity contribution in [3.8, 4) is 0 Å². The van der Waals surface area contributed by atoms with E-state index < -0.39 is 9.83 Å². The highest BCUT2D eigenvalue weighted by atomic mass is 35.6. The van der Waals surface area contributed by atoms with Crippen molar-refractivity contribution in [1.29, 1.82) is 0 Å². The van der Waals surface area contributed by atoms with E-state index in [1.165, 1.54) is 11.3 Å². The van der Waals surface area contributed by atoms with E-state index >= 15 is 0 Å². The van der Waals surface area contributed by atoms with E-state index in [1.807, 2.05) is 20.2 Å². The van der Waals surface area contributed by atoms with Crippen molar-refractivity contribution in [3.63, 3.8) is 0 Å². The number of carbonyl (C=O) groups excluding carboxylic acids is 1. The highest BCUT2D eigenvalue weighted by molar-refractivity contribution is 7.15. The van der Waals surface area contributed by atoms with E-state index in [4.69, 9.17) is 34.8 Å². The molecule has 9 heteroatoms. The van der Waals surface area contributed by atoms with E-state index in [0.29, 0.717) is 15.6 Å². The molecule has 0 unspecified atom stereocenters. The number of nitrogens with zero attached hydrogens (tertiary/aromatic N) is 3. The Bertz CT molecular complexity index is 713. The Labute approximate surface area is 159 Å². The monoisotopic (exact) mass is 404 g/mol. The van der Waals surface area contributed by atoms with E-state index in [2.05, 4.69) is 15.3 Å². The Morgan fingerprint density at radius 1 is 1.33 bits per heavy atom. The van der Waals surface area contributed by atoms with E-state index in [0.717, 1.165) is 0 Å². The predicted octanol–water partition coefficient (Wildman–Crippen LogP) is 4.21.